The van der Waals surface area contributed by atoms with Crippen molar-refractivity contribution in [3.8, 4) is 0 Å². The van der Waals surface area contributed by atoms with E-state index in [1.54, 1.807) is 0 Å². The van der Waals surface area contributed by atoms with Crippen molar-refractivity contribution in [2.75, 3.05) is 0 Å². The van der Waals surface area contributed by atoms with Crippen molar-refractivity contribution < 1.29 is 14.3 Å². The molecule has 0 radical (unpaired) electrons. The zero-order valence-electron chi connectivity index (χ0n) is 13.8. The third kappa shape index (κ3) is 3.32. The van der Waals surface area contributed by atoms with Crippen LogP contribution >= 0.6 is 0 Å². The topological polar surface area (TPSA) is 46.6 Å². The monoisotopic (exact) mass is 303 g/mol. The fourth-order valence-corrected chi connectivity index (χ4v) is 3.05. The lowest BCUT2D eigenvalue weighted by Crippen LogP contribution is -2.41. The second kappa shape index (κ2) is 6.95. The largest absolute Gasteiger partial charge is 0.439 e. The highest BCUT2D eigenvalue weighted by atomic mass is 16.6. The quantitative estimate of drug-likeness (QED) is 0.820. The van der Waals surface area contributed by atoms with Crippen molar-refractivity contribution in [2.24, 2.45) is 11.8 Å². The van der Waals surface area contributed by atoms with Crippen molar-refractivity contribution in [2.45, 2.75) is 52.7 Å². The molecular weight excluding hydrogens is 278 g/mol. The predicted octanol–water partition coefficient (Wildman–Crippen LogP) is 4.17. The molecule has 4 heteroatoms. The molecule has 22 heavy (non-hydrogen) atoms. The Morgan fingerprint density at radius 2 is 1.91 bits per heavy atom. The first kappa shape index (κ1) is 16.5. The highest BCUT2D eigenvalue weighted by molar-refractivity contribution is 5.95. The van der Waals surface area contributed by atoms with E-state index in [9.17, 15) is 9.59 Å². The van der Waals surface area contributed by atoms with Gasteiger partial charge in [0.15, 0.2) is 0 Å². The van der Waals surface area contributed by atoms with Gasteiger partial charge in [0.1, 0.15) is 6.10 Å². The Balaban J connectivity index is 2.18. The Morgan fingerprint density at radius 3 is 2.45 bits per heavy atom. The van der Waals surface area contributed by atoms with E-state index >= 15 is 0 Å². The highest BCUT2D eigenvalue weighted by Crippen LogP contribution is 2.34. The standard InChI is InChI=1S/C18H25NO3/c1-5-14(11-12(2)3)17(20)19-13(4)16(22-18(19)21)15-9-7-6-8-10-15/h6-10,12-14,16H,5,11H2,1-4H3/t13?,14-,16?/m1/s1. The van der Waals surface area contributed by atoms with Crippen LogP contribution in [0.2, 0.25) is 0 Å². The molecule has 1 saturated heterocycles. The Kier molecular flexibility index (Phi) is 5.22. The molecule has 3 atom stereocenters. The molecule has 0 aromatic heterocycles. The van der Waals surface area contributed by atoms with E-state index < -0.39 is 6.09 Å². The van der Waals surface area contributed by atoms with E-state index in [1.807, 2.05) is 44.2 Å². The second-order valence-corrected chi connectivity index (χ2v) is 6.40. The van der Waals surface area contributed by atoms with Crippen LogP contribution < -0.4 is 0 Å². The molecular formula is C18H25NO3. The van der Waals surface area contributed by atoms with E-state index in [-0.39, 0.29) is 24.0 Å². The number of carbonyl (C=O) groups is 2. The van der Waals surface area contributed by atoms with E-state index in [4.69, 9.17) is 4.74 Å². The molecule has 0 saturated carbocycles. The Labute approximate surface area is 132 Å². The predicted molar refractivity (Wildman–Crippen MR) is 85.2 cm³/mol. The van der Waals surface area contributed by atoms with E-state index in [0.717, 1.165) is 18.4 Å². The minimum Gasteiger partial charge on any atom is -0.439 e. The molecule has 1 fully saturated rings. The summed E-state index contributed by atoms with van der Waals surface area (Å²) in [6, 6.07) is 9.32. The van der Waals surface area contributed by atoms with Crippen LogP contribution in [0.25, 0.3) is 0 Å². The molecule has 1 aromatic rings. The van der Waals surface area contributed by atoms with Gasteiger partial charge < -0.3 is 4.74 Å². The first-order valence-corrected chi connectivity index (χ1v) is 8.04. The molecule has 1 aliphatic heterocycles. The summed E-state index contributed by atoms with van der Waals surface area (Å²) in [5, 5.41) is 0. The molecule has 0 aliphatic carbocycles. The molecule has 2 amide bonds. The number of imide groups is 1. The molecule has 0 N–H and O–H groups in total. The third-order valence-corrected chi connectivity index (χ3v) is 4.23. The number of nitrogens with zero attached hydrogens (tertiary/aromatic N) is 1. The fraction of sp³-hybridized carbons (Fsp3) is 0.556. The number of benzene rings is 1. The zero-order chi connectivity index (χ0) is 16.3. The van der Waals surface area contributed by atoms with Gasteiger partial charge in [0.05, 0.1) is 6.04 Å². The first-order chi connectivity index (χ1) is 10.5. The summed E-state index contributed by atoms with van der Waals surface area (Å²) >= 11 is 0. The van der Waals surface area contributed by atoms with Gasteiger partial charge in [-0.3, -0.25) is 4.79 Å². The number of ether oxygens (including phenoxy) is 1. The van der Waals surface area contributed by atoms with Crippen molar-refractivity contribution in [3.05, 3.63) is 35.9 Å². The molecule has 0 spiro atoms. The Hall–Kier alpha value is -1.84. The van der Waals surface area contributed by atoms with Crippen LogP contribution in [0.1, 0.15) is 52.2 Å². The molecule has 2 rings (SSSR count). The maximum absolute atomic E-state index is 12.7. The lowest BCUT2D eigenvalue weighted by Gasteiger charge is -2.24. The molecule has 2 unspecified atom stereocenters. The Morgan fingerprint density at radius 1 is 1.27 bits per heavy atom. The number of rotatable bonds is 5. The van der Waals surface area contributed by atoms with Gasteiger partial charge in [0, 0.05) is 5.92 Å². The van der Waals surface area contributed by atoms with Crippen LogP contribution in [-0.4, -0.2) is 22.9 Å². The van der Waals surface area contributed by atoms with Gasteiger partial charge in [-0.25, -0.2) is 9.69 Å². The summed E-state index contributed by atoms with van der Waals surface area (Å²) in [6.07, 6.45) is 0.633. The van der Waals surface area contributed by atoms with Crippen LogP contribution in [-0.2, 0) is 9.53 Å². The third-order valence-electron chi connectivity index (χ3n) is 4.23. The zero-order valence-corrected chi connectivity index (χ0v) is 13.8. The molecule has 0 bridgehead atoms. The Bertz CT molecular complexity index is 526. The van der Waals surface area contributed by atoms with Crippen LogP contribution in [0.3, 0.4) is 0 Å². The average molecular weight is 303 g/mol. The van der Waals surface area contributed by atoms with Gasteiger partial charge in [0.2, 0.25) is 5.91 Å². The minimum absolute atomic E-state index is 0.105. The van der Waals surface area contributed by atoms with Gasteiger partial charge in [-0.15, -0.1) is 0 Å². The number of amides is 2. The summed E-state index contributed by atoms with van der Waals surface area (Å²) in [6.45, 7) is 8.05. The van der Waals surface area contributed by atoms with Gasteiger partial charge in [0.25, 0.3) is 0 Å². The highest BCUT2D eigenvalue weighted by Gasteiger charge is 2.44. The smallest absolute Gasteiger partial charge is 0.417 e. The lowest BCUT2D eigenvalue weighted by molar-refractivity contribution is -0.134. The number of carbonyl (C=O) groups excluding carboxylic acids is 2. The summed E-state index contributed by atoms with van der Waals surface area (Å²) in [5.41, 5.74) is 0.926. The molecule has 4 nitrogen and oxygen atoms in total. The van der Waals surface area contributed by atoms with E-state index in [1.165, 1.54) is 4.90 Å². The van der Waals surface area contributed by atoms with Gasteiger partial charge >= 0.3 is 6.09 Å². The summed E-state index contributed by atoms with van der Waals surface area (Å²) in [4.78, 5) is 26.2. The summed E-state index contributed by atoms with van der Waals surface area (Å²) in [5.74, 6) is 0.199. The summed E-state index contributed by atoms with van der Waals surface area (Å²) in [7, 11) is 0. The SMILES string of the molecule is CC[C@H](CC(C)C)C(=O)N1C(=O)OC(c2ccccc2)C1C. The maximum Gasteiger partial charge on any atom is 0.417 e. The molecule has 1 aliphatic rings. The van der Waals surface area contributed by atoms with Gasteiger partial charge in [-0.05, 0) is 31.2 Å². The van der Waals surface area contributed by atoms with Crippen molar-refractivity contribution in [1.82, 2.24) is 4.90 Å². The molecule has 120 valence electrons. The summed E-state index contributed by atoms with van der Waals surface area (Å²) < 4.78 is 5.46. The number of cyclic esters (lactones) is 1. The van der Waals surface area contributed by atoms with Crippen molar-refractivity contribution >= 4 is 12.0 Å². The van der Waals surface area contributed by atoms with Crippen LogP contribution in [0, 0.1) is 11.8 Å². The van der Waals surface area contributed by atoms with Crippen molar-refractivity contribution in [3.63, 3.8) is 0 Å². The number of hydrogen-bond donors (Lipinski definition) is 0. The van der Waals surface area contributed by atoms with E-state index in [2.05, 4.69) is 13.8 Å². The lowest BCUT2D eigenvalue weighted by atomic mass is 9.92. The number of hydrogen-bond acceptors (Lipinski definition) is 3. The van der Waals surface area contributed by atoms with Crippen LogP contribution in [0.5, 0.6) is 0 Å². The normalized spacial score (nSPS) is 22.8. The first-order valence-electron chi connectivity index (χ1n) is 8.04. The fourth-order valence-electron chi connectivity index (χ4n) is 3.05. The maximum atomic E-state index is 12.7. The van der Waals surface area contributed by atoms with E-state index in [0.29, 0.717) is 5.92 Å². The van der Waals surface area contributed by atoms with Gasteiger partial charge in [-0.2, -0.15) is 0 Å². The average Bonchev–Trinajstić information content (AvgIpc) is 2.79. The van der Waals surface area contributed by atoms with Crippen molar-refractivity contribution in [1.29, 1.82) is 0 Å². The molecule has 1 heterocycles. The minimum atomic E-state index is -0.520. The van der Waals surface area contributed by atoms with Crippen LogP contribution in [0.4, 0.5) is 4.79 Å². The molecule has 1 aromatic carbocycles. The van der Waals surface area contributed by atoms with Crippen LogP contribution in [0.15, 0.2) is 30.3 Å². The second-order valence-electron chi connectivity index (χ2n) is 6.40. The van der Waals surface area contributed by atoms with Gasteiger partial charge in [-0.1, -0.05) is 51.1 Å².